The van der Waals surface area contributed by atoms with Crippen LogP contribution in [0.15, 0.2) is 48.7 Å². The maximum Gasteiger partial charge on any atom is 0.248 e. The van der Waals surface area contributed by atoms with E-state index < -0.39 is 0 Å². The highest BCUT2D eigenvalue weighted by atomic mass is 16.1. The predicted octanol–water partition coefficient (Wildman–Crippen LogP) is 1.97. The number of amides is 1. The van der Waals surface area contributed by atoms with Crippen LogP contribution in [0.1, 0.15) is 21.6 Å². The van der Waals surface area contributed by atoms with Gasteiger partial charge in [-0.3, -0.25) is 9.78 Å². The van der Waals surface area contributed by atoms with Crippen LogP contribution in [-0.2, 0) is 12.8 Å². The van der Waals surface area contributed by atoms with E-state index in [-0.39, 0.29) is 5.91 Å². The van der Waals surface area contributed by atoms with Crippen molar-refractivity contribution in [2.75, 3.05) is 0 Å². The highest BCUT2D eigenvalue weighted by Gasteiger charge is 2.01. The Morgan fingerprint density at radius 1 is 1.12 bits per heavy atom. The molecule has 2 N–H and O–H groups in total. The van der Waals surface area contributed by atoms with Crippen molar-refractivity contribution in [3.63, 3.8) is 0 Å². The van der Waals surface area contributed by atoms with Crippen molar-refractivity contribution in [1.29, 1.82) is 0 Å². The average Bonchev–Trinajstić information content (AvgIpc) is 2.38. The topological polar surface area (TPSA) is 56.0 Å². The number of hydrogen-bond donors (Lipinski definition) is 1. The van der Waals surface area contributed by atoms with Crippen molar-refractivity contribution < 1.29 is 4.79 Å². The molecule has 1 aromatic carbocycles. The Morgan fingerprint density at radius 2 is 2.00 bits per heavy atom. The summed E-state index contributed by atoms with van der Waals surface area (Å²) in [5, 5.41) is 0. The zero-order valence-corrected chi connectivity index (χ0v) is 9.47. The minimum Gasteiger partial charge on any atom is -0.366 e. The first-order valence-corrected chi connectivity index (χ1v) is 5.54. The van der Waals surface area contributed by atoms with Crippen molar-refractivity contribution in [3.05, 3.63) is 65.5 Å². The maximum absolute atomic E-state index is 11.0. The molecule has 3 nitrogen and oxygen atoms in total. The quantitative estimate of drug-likeness (QED) is 0.866. The molecular formula is C14H14N2O. The van der Waals surface area contributed by atoms with E-state index in [2.05, 4.69) is 4.98 Å². The van der Waals surface area contributed by atoms with Crippen LogP contribution >= 0.6 is 0 Å². The molecule has 0 saturated heterocycles. The SMILES string of the molecule is NC(=O)c1cccc(CCc2ccccn2)c1. The van der Waals surface area contributed by atoms with Crippen LogP contribution in [0.5, 0.6) is 0 Å². The molecule has 17 heavy (non-hydrogen) atoms. The van der Waals surface area contributed by atoms with Gasteiger partial charge in [0.1, 0.15) is 0 Å². The van der Waals surface area contributed by atoms with E-state index in [4.69, 9.17) is 5.73 Å². The zero-order valence-electron chi connectivity index (χ0n) is 9.47. The van der Waals surface area contributed by atoms with Crippen LogP contribution < -0.4 is 5.73 Å². The van der Waals surface area contributed by atoms with Crippen LogP contribution in [0.4, 0.5) is 0 Å². The van der Waals surface area contributed by atoms with Crippen molar-refractivity contribution in [2.24, 2.45) is 5.73 Å². The second kappa shape index (κ2) is 5.25. The lowest BCUT2D eigenvalue weighted by molar-refractivity contribution is 0.1000. The van der Waals surface area contributed by atoms with Crippen molar-refractivity contribution in [3.8, 4) is 0 Å². The first-order valence-electron chi connectivity index (χ1n) is 5.54. The fourth-order valence-corrected chi connectivity index (χ4v) is 1.70. The molecule has 1 heterocycles. The van der Waals surface area contributed by atoms with E-state index in [1.807, 2.05) is 36.4 Å². The summed E-state index contributed by atoms with van der Waals surface area (Å²) in [4.78, 5) is 15.3. The highest BCUT2D eigenvalue weighted by Crippen LogP contribution is 2.08. The summed E-state index contributed by atoms with van der Waals surface area (Å²) in [7, 11) is 0. The van der Waals surface area contributed by atoms with E-state index in [0.29, 0.717) is 5.56 Å². The van der Waals surface area contributed by atoms with Crippen LogP contribution in [0.3, 0.4) is 0 Å². The summed E-state index contributed by atoms with van der Waals surface area (Å²) in [6.45, 7) is 0. The van der Waals surface area contributed by atoms with Gasteiger partial charge in [0.05, 0.1) is 0 Å². The lowest BCUT2D eigenvalue weighted by Crippen LogP contribution is -2.11. The first kappa shape index (κ1) is 11.3. The minimum atomic E-state index is -0.385. The molecule has 1 aromatic heterocycles. The van der Waals surface area contributed by atoms with Crippen LogP contribution in [0, 0.1) is 0 Å². The molecule has 0 fully saturated rings. The molecule has 86 valence electrons. The summed E-state index contributed by atoms with van der Waals surface area (Å²) in [6.07, 6.45) is 3.51. The van der Waals surface area contributed by atoms with Crippen LogP contribution in [0.25, 0.3) is 0 Å². The number of nitrogens with zero attached hydrogens (tertiary/aromatic N) is 1. The Morgan fingerprint density at radius 3 is 2.71 bits per heavy atom. The summed E-state index contributed by atoms with van der Waals surface area (Å²) in [5.74, 6) is -0.385. The van der Waals surface area contributed by atoms with Gasteiger partial charge in [-0.25, -0.2) is 0 Å². The van der Waals surface area contributed by atoms with Gasteiger partial charge >= 0.3 is 0 Å². The lowest BCUT2D eigenvalue weighted by Gasteiger charge is -2.03. The van der Waals surface area contributed by atoms with Crippen molar-refractivity contribution in [1.82, 2.24) is 4.98 Å². The minimum absolute atomic E-state index is 0.385. The number of rotatable bonds is 4. The smallest absolute Gasteiger partial charge is 0.248 e. The standard InChI is InChI=1S/C14H14N2O/c15-14(17)12-5-3-4-11(10-12)7-8-13-6-1-2-9-16-13/h1-6,9-10H,7-8H2,(H2,15,17). The van der Waals surface area contributed by atoms with Gasteiger partial charge in [0.15, 0.2) is 0 Å². The summed E-state index contributed by atoms with van der Waals surface area (Å²) in [5.41, 5.74) is 7.95. The van der Waals surface area contributed by atoms with Gasteiger partial charge in [0.25, 0.3) is 0 Å². The molecule has 3 heteroatoms. The van der Waals surface area contributed by atoms with Gasteiger partial charge in [-0.2, -0.15) is 0 Å². The molecule has 0 saturated carbocycles. The molecule has 0 aliphatic carbocycles. The fraction of sp³-hybridized carbons (Fsp3) is 0.143. The molecule has 0 bridgehead atoms. The van der Waals surface area contributed by atoms with Gasteiger partial charge in [-0.1, -0.05) is 18.2 Å². The number of aromatic nitrogens is 1. The molecule has 0 aliphatic rings. The Bertz CT molecular complexity index is 509. The highest BCUT2D eigenvalue weighted by molar-refractivity contribution is 5.92. The number of benzene rings is 1. The molecule has 0 aliphatic heterocycles. The first-order chi connectivity index (χ1) is 8.25. The Balaban J connectivity index is 2.04. The second-order valence-corrected chi connectivity index (χ2v) is 3.89. The second-order valence-electron chi connectivity index (χ2n) is 3.89. The normalized spacial score (nSPS) is 10.1. The van der Waals surface area contributed by atoms with Crippen molar-refractivity contribution in [2.45, 2.75) is 12.8 Å². The zero-order chi connectivity index (χ0) is 12.1. The van der Waals surface area contributed by atoms with E-state index >= 15 is 0 Å². The largest absolute Gasteiger partial charge is 0.366 e. The van der Waals surface area contributed by atoms with E-state index in [0.717, 1.165) is 24.1 Å². The molecule has 2 rings (SSSR count). The number of pyridine rings is 1. The number of carbonyl (C=O) groups excluding carboxylic acids is 1. The lowest BCUT2D eigenvalue weighted by atomic mass is 10.0. The molecule has 2 aromatic rings. The number of carbonyl (C=O) groups is 1. The van der Waals surface area contributed by atoms with Crippen LogP contribution in [0.2, 0.25) is 0 Å². The molecule has 0 atom stereocenters. The van der Waals surface area contributed by atoms with Crippen LogP contribution in [-0.4, -0.2) is 10.9 Å². The predicted molar refractivity (Wildman–Crippen MR) is 66.6 cm³/mol. The summed E-state index contributed by atoms with van der Waals surface area (Å²) < 4.78 is 0. The molecule has 1 amide bonds. The van der Waals surface area contributed by atoms with Gasteiger partial charge in [0, 0.05) is 17.5 Å². The molecular weight excluding hydrogens is 212 g/mol. The monoisotopic (exact) mass is 226 g/mol. The number of nitrogens with two attached hydrogens (primary N) is 1. The number of hydrogen-bond acceptors (Lipinski definition) is 2. The number of aryl methyl sites for hydroxylation is 2. The fourth-order valence-electron chi connectivity index (χ4n) is 1.70. The maximum atomic E-state index is 11.0. The summed E-state index contributed by atoms with van der Waals surface area (Å²) in [6, 6.07) is 13.3. The third-order valence-corrected chi connectivity index (χ3v) is 2.61. The average molecular weight is 226 g/mol. The van der Waals surface area contributed by atoms with Gasteiger partial charge in [0.2, 0.25) is 5.91 Å². The van der Waals surface area contributed by atoms with E-state index in [9.17, 15) is 4.79 Å². The van der Waals surface area contributed by atoms with Gasteiger partial charge < -0.3 is 5.73 Å². The molecule has 0 radical (unpaired) electrons. The van der Waals surface area contributed by atoms with E-state index in [1.165, 1.54) is 0 Å². The van der Waals surface area contributed by atoms with Gasteiger partial charge in [-0.05, 0) is 42.7 Å². The number of primary amides is 1. The third kappa shape index (κ3) is 3.14. The molecule has 0 unspecified atom stereocenters. The Hall–Kier alpha value is -2.16. The van der Waals surface area contributed by atoms with Crippen molar-refractivity contribution >= 4 is 5.91 Å². The van der Waals surface area contributed by atoms with Gasteiger partial charge in [-0.15, -0.1) is 0 Å². The Labute approximate surface area is 100 Å². The Kier molecular flexibility index (Phi) is 3.50. The third-order valence-electron chi connectivity index (χ3n) is 2.61. The summed E-state index contributed by atoms with van der Waals surface area (Å²) >= 11 is 0. The molecule has 0 spiro atoms. The van der Waals surface area contributed by atoms with E-state index in [1.54, 1.807) is 12.3 Å².